The minimum Gasteiger partial charge on any atom is -0.159 e. The van der Waals surface area contributed by atoms with Crippen molar-refractivity contribution in [2.24, 2.45) is 0 Å². The predicted octanol–water partition coefficient (Wildman–Crippen LogP) is 3.32. The first kappa shape index (κ1) is 9.35. The van der Waals surface area contributed by atoms with Crippen molar-refractivity contribution < 1.29 is 0 Å². The van der Waals surface area contributed by atoms with Gasteiger partial charge in [-0.3, -0.25) is 0 Å². The van der Waals surface area contributed by atoms with Crippen molar-refractivity contribution in [1.82, 2.24) is 0 Å². The lowest BCUT2D eigenvalue weighted by molar-refractivity contribution is 0.872. The Balaban J connectivity index is 2.88. The van der Waals surface area contributed by atoms with Gasteiger partial charge in [0.1, 0.15) is 0 Å². The molecule has 0 spiro atoms. The summed E-state index contributed by atoms with van der Waals surface area (Å²) < 4.78 is 0. The van der Waals surface area contributed by atoms with Crippen molar-refractivity contribution in [3.63, 3.8) is 0 Å². The highest BCUT2D eigenvalue weighted by atomic mass is 32.2. The number of rotatable bonds is 5. The number of hydrogen-bond acceptors (Lipinski definition) is 1. The molecule has 0 unspecified atom stereocenters. The molecule has 0 saturated carbocycles. The summed E-state index contributed by atoms with van der Waals surface area (Å²) in [5.41, 5.74) is 0. The van der Waals surface area contributed by atoms with E-state index in [9.17, 15) is 0 Å². The molecule has 0 saturated heterocycles. The smallest absolute Gasteiger partial charge is 0.00160 e. The van der Waals surface area contributed by atoms with Gasteiger partial charge >= 0.3 is 0 Å². The third-order valence-electron chi connectivity index (χ3n) is 1.48. The Morgan fingerprint density at radius 1 is 1.33 bits per heavy atom. The first-order chi connectivity index (χ1) is 4.31. The molecule has 0 aliphatic rings. The van der Waals surface area contributed by atoms with E-state index in [4.69, 9.17) is 0 Å². The molecule has 0 aromatic heterocycles. The van der Waals surface area contributed by atoms with Crippen LogP contribution in [0.2, 0.25) is 0 Å². The number of thioether (sulfide) groups is 1. The molecule has 0 radical (unpaired) electrons. The molecule has 56 valence electrons. The fraction of sp³-hybridized carbons (Fsp3) is 1.00. The topological polar surface area (TPSA) is 0 Å². The minimum atomic E-state index is 0.872. The van der Waals surface area contributed by atoms with Crippen molar-refractivity contribution in [2.75, 3.05) is 5.75 Å². The molecule has 0 bridgehead atoms. The summed E-state index contributed by atoms with van der Waals surface area (Å²) in [4.78, 5) is 0. The Morgan fingerprint density at radius 3 is 2.44 bits per heavy atom. The van der Waals surface area contributed by atoms with Gasteiger partial charge in [0.2, 0.25) is 0 Å². The molecule has 0 nitrogen and oxygen atoms in total. The van der Waals surface area contributed by atoms with Crippen molar-refractivity contribution >= 4 is 11.8 Å². The van der Waals surface area contributed by atoms with Crippen LogP contribution in [0.4, 0.5) is 0 Å². The van der Waals surface area contributed by atoms with Crippen LogP contribution >= 0.6 is 11.8 Å². The normalized spacial score (nSPS) is 13.7. The summed E-state index contributed by atoms with van der Waals surface area (Å²) in [6.45, 7) is 6.81. The SMILES string of the molecule is CCCCS[C@H](C)CC. The fourth-order valence-electron chi connectivity index (χ4n) is 0.547. The molecule has 9 heavy (non-hydrogen) atoms. The van der Waals surface area contributed by atoms with Gasteiger partial charge in [0.25, 0.3) is 0 Å². The molecule has 0 aromatic rings. The van der Waals surface area contributed by atoms with E-state index in [2.05, 4.69) is 32.5 Å². The predicted molar refractivity (Wildman–Crippen MR) is 47.1 cm³/mol. The van der Waals surface area contributed by atoms with Crippen LogP contribution in [0, 0.1) is 0 Å². The van der Waals surface area contributed by atoms with Crippen LogP contribution in [0.25, 0.3) is 0 Å². The van der Waals surface area contributed by atoms with E-state index in [1.165, 1.54) is 25.0 Å². The summed E-state index contributed by atoms with van der Waals surface area (Å²) in [7, 11) is 0. The van der Waals surface area contributed by atoms with E-state index >= 15 is 0 Å². The third kappa shape index (κ3) is 6.23. The highest BCUT2D eigenvalue weighted by molar-refractivity contribution is 7.99. The van der Waals surface area contributed by atoms with E-state index < -0.39 is 0 Å². The van der Waals surface area contributed by atoms with Gasteiger partial charge in [-0.2, -0.15) is 11.8 Å². The number of hydrogen-bond donors (Lipinski definition) is 0. The second-order valence-corrected chi connectivity index (χ2v) is 3.99. The maximum Gasteiger partial charge on any atom is 0.00160 e. The van der Waals surface area contributed by atoms with Gasteiger partial charge in [-0.15, -0.1) is 0 Å². The van der Waals surface area contributed by atoms with Gasteiger partial charge in [0, 0.05) is 5.25 Å². The van der Waals surface area contributed by atoms with Crippen molar-refractivity contribution in [1.29, 1.82) is 0 Å². The van der Waals surface area contributed by atoms with Crippen molar-refractivity contribution in [2.45, 2.75) is 45.3 Å². The van der Waals surface area contributed by atoms with E-state index in [1.807, 2.05) is 0 Å². The molecule has 0 N–H and O–H groups in total. The van der Waals surface area contributed by atoms with Crippen molar-refractivity contribution in [3.05, 3.63) is 0 Å². The average Bonchev–Trinajstić information content (AvgIpc) is 1.89. The summed E-state index contributed by atoms with van der Waals surface area (Å²) in [6, 6.07) is 0. The largest absolute Gasteiger partial charge is 0.159 e. The van der Waals surface area contributed by atoms with Gasteiger partial charge in [0.05, 0.1) is 0 Å². The maximum absolute atomic E-state index is 2.31. The molecule has 0 aromatic carbocycles. The van der Waals surface area contributed by atoms with Crippen LogP contribution in [0.15, 0.2) is 0 Å². The second kappa shape index (κ2) is 6.47. The van der Waals surface area contributed by atoms with E-state index in [0.717, 1.165) is 5.25 Å². The molecule has 0 rings (SSSR count). The lowest BCUT2D eigenvalue weighted by Gasteiger charge is -2.05. The third-order valence-corrected chi connectivity index (χ3v) is 2.90. The molecular formula is C8H18S. The van der Waals surface area contributed by atoms with E-state index in [1.54, 1.807) is 0 Å². The van der Waals surface area contributed by atoms with Crippen LogP contribution in [0.3, 0.4) is 0 Å². The Labute approximate surface area is 63.4 Å². The highest BCUT2D eigenvalue weighted by Gasteiger charge is 1.95. The van der Waals surface area contributed by atoms with Gasteiger partial charge in [-0.05, 0) is 18.6 Å². The maximum atomic E-state index is 2.31. The highest BCUT2D eigenvalue weighted by Crippen LogP contribution is 2.14. The standard InChI is InChI=1S/C8H18S/c1-4-6-7-9-8(3)5-2/h8H,4-7H2,1-3H3/t8-/m1/s1. The van der Waals surface area contributed by atoms with Gasteiger partial charge in [0.15, 0.2) is 0 Å². The lowest BCUT2D eigenvalue weighted by atomic mass is 10.4. The fourth-order valence-corrected chi connectivity index (χ4v) is 1.64. The first-order valence-electron chi connectivity index (χ1n) is 3.92. The van der Waals surface area contributed by atoms with Crippen LogP contribution in [0.5, 0.6) is 0 Å². The molecule has 1 heteroatoms. The van der Waals surface area contributed by atoms with Crippen LogP contribution < -0.4 is 0 Å². The molecule has 1 atom stereocenters. The Hall–Kier alpha value is 0.350. The Morgan fingerprint density at radius 2 is 2.00 bits per heavy atom. The summed E-state index contributed by atoms with van der Waals surface area (Å²) >= 11 is 2.10. The van der Waals surface area contributed by atoms with Crippen LogP contribution in [0.1, 0.15) is 40.0 Å². The first-order valence-corrected chi connectivity index (χ1v) is 4.97. The minimum absolute atomic E-state index is 0.872. The zero-order valence-corrected chi connectivity index (χ0v) is 7.63. The van der Waals surface area contributed by atoms with Crippen LogP contribution in [-0.2, 0) is 0 Å². The Bertz CT molecular complexity index is 52.5. The number of unbranched alkanes of at least 4 members (excludes halogenated alkanes) is 1. The summed E-state index contributed by atoms with van der Waals surface area (Å²) in [5, 5.41) is 0.872. The summed E-state index contributed by atoms with van der Waals surface area (Å²) in [6.07, 6.45) is 4.03. The molecule has 0 heterocycles. The molecule has 0 fully saturated rings. The molecular weight excluding hydrogens is 128 g/mol. The zero-order valence-electron chi connectivity index (χ0n) is 6.81. The van der Waals surface area contributed by atoms with Crippen LogP contribution in [-0.4, -0.2) is 11.0 Å². The van der Waals surface area contributed by atoms with Crippen molar-refractivity contribution in [3.8, 4) is 0 Å². The summed E-state index contributed by atoms with van der Waals surface area (Å²) in [5.74, 6) is 1.35. The second-order valence-electron chi connectivity index (χ2n) is 2.44. The zero-order chi connectivity index (χ0) is 7.11. The molecule has 0 aliphatic heterocycles. The lowest BCUT2D eigenvalue weighted by Crippen LogP contribution is -1.93. The Kier molecular flexibility index (Phi) is 6.72. The average molecular weight is 146 g/mol. The molecule has 0 aliphatic carbocycles. The van der Waals surface area contributed by atoms with E-state index in [0.29, 0.717) is 0 Å². The van der Waals surface area contributed by atoms with E-state index in [-0.39, 0.29) is 0 Å². The van der Waals surface area contributed by atoms with Gasteiger partial charge in [-0.1, -0.05) is 27.2 Å². The monoisotopic (exact) mass is 146 g/mol. The van der Waals surface area contributed by atoms with Gasteiger partial charge in [-0.25, -0.2) is 0 Å². The quantitative estimate of drug-likeness (QED) is 0.536. The van der Waals surface area contributed by atoms with Gasteiger partial charge < -0.3 is 0 Å². The molecule has 0 amide bonds.